The van der Waals surface area contributed by atoms with Gasteiger partial charge in [-0.15, -0.1) is 11.8 Å². The minimum absolute atomic E-state index is 0.334. The number of alkyl halides is 3. The molecular weight excluding hydrogens is 258 g/mol. The fourth-order valence-electron chi connectivity index (χ4n) is 1.74. The molecule has 5 heteroatoms. The van der Waals surface area contributed by atoms with Crippen LogP contribution in [0.25, 0.3) is 0 Å². The first-order valence-electron chi connectivity index (χ1n) is 5.89. The molecule has 104 valence electrons. The van der Waals surface area contributed by atoms with Crippen molar-refractivity contribution in [3.8, 4) is 11.8 Å². The molecule has 0 radical (unpaired) electrons. The second kappa shape index (κ2) is 6.58. The number of rotatable bonds is 4. The van der Waals surface area contributed by atoms with Crippen LogP contribution in [0.15, 0.2) is 18.2 Å². The lowest BCUT2D eigenvalue weighted by atomic mass is 10.0. The summed E-state index contributed by atoms with van der Waals surface area (Å²) in [4.78, 5) is 0. The molecule has 1 rings (SSSR count). The minimum atomic E-state index is -4.69. The van der Waals surface area contributed by atoms with Crippen LogP contribution in [0.4, 0.5) is 17.6 Å². The third kappa shape index (κ3) is 4.25. The van der Waals surface area contributed by atoms with E-state index in [4.69, 9.17) is 0 Å². The summed E-state index contributed by atoms with van der Waals surface area (Å²) in [5.74, 6) is 4.26. The summed E-state index contributed by atoms with van der Waals surface area (Å²) >= 11 is 0. The van der Waals surface area contributed by atoms with Crippen molar-refractivity contribution in [3.63, 3.8) is 0 Å². The third-order valence-corrected chi connectivity index (χ3v) is 2.63. The lowest BCUT2D eigenvalue weighted by Crippen LogP contribution is -2.21. The smallest absolute Gasteiger partial charge is 0.309 e. The van der Waals surface area contributed by atoms with Gasteiger partial charge < -0.3 is 5.32 Å². The van der Waals surface area contributed by atoms with Gasteiger partial charge >= 0.3 is 6.18 Å². The molecule has 0 aliphatic rings. The molecule has 0 spiro atoms. The van der Waals surface area contributed by atoms with Gasteiger partial charge in [-0.3, -0.25) is 0 Å². The van der Waals surface area contributed by atoms with Gasteiger partial charge in [0.25, 0.3) is 0 Å². The van der Waals surface area contributed by atoms with Gasteiger partial charge in [0, 0.05) is 12.5 Å². The van der Waals surface area contributed by atoms with E-state index >= 15 is 0 Å². The van der Waals surface area contributed by atoms with E-state index in [9.17, 15) is 17.6 Å². The molecule has 1 N–H and O–H groups in total. The van der Waals surface area contributed by atoms with Crippen molar-refractivity contribution < 1.29 is 17.6 Å². The van der Waals surface area contributed by atoms with E-state index in [-0.39, 0.29) is 6.04 Å². The number of halogens is 4. The molecule has 0 aromatic heterocycles. The van der Waals surface area contributed by atoms with E-state index in [0.717, 1.165) is 12.1 Å². The standard InChI is InChI=1S/C14H15F4N/c1-3-5-6-13(19-4-2)10-7-8-12(15)11(9-10)14(16,17)18/h7-9,13,19H,4,6H2,1-2H3. The topological polar surface area (TPSA) is 12.0 Å². The first-order chi connectivity index (χ1) is 8.90. The number of hydrogen-bond acceptors (Lipinski definition) is 1. The summed E-state index contributed by atoms with van der Waals surface area (Å²) in [6, 6.07) is 2.72. The SMILES string of the molecule is CC#CCC(NCC)c1ccc(F)c(C(F)(F)F)c1. The maximum atomic E-state index is 13.2. The molecule has 1 nitrogen and oxygen atoms in total. The van der Waals surface area contributed by atoms with Gasteiger partial charge in [-0.25, -0.2) is 4.39 Å². The van der Waals surface area contributed by atoms with E-state index in [1.165, 1.54) is 6.07 Å². The van der Waals surface area contributed by atoms with E-state index in [1.807, 2.05) is 6.92 Å². The molecule has 0 saturated carbocycles. The van der Waals surface area contributed by atoms with Crippen LogP contribution in [0.1, 0.15) is 37.4 Å². The molecule has 0 aliphatic carbocycles. The van der Waals surface area contributed by atoms with Crippen molar-refractivity contribution in [1.29, 1.82) is 0 Å². The molecule has 0 amide bonds. The van der Waals surface area contributed by atoms with Crippen LogP contribution in [0.2, 0.25) is 0 Å². The van der Waals surface area contributed by atoms with E-state index < -0.39 is 17.6 Å². The highest BCUT2D eigenvalue weighted by Crippen LogP contribution is 2.33. The van der Waals surface area contributed by atoms with Crippen LogP contribution >= 0.6 is 0 Å². The highest BCUT2D eigenvalue weighted by molar-refractivity contribution is 5.30. The van der Waals surface area contributed by atoms with Gasteiger partial charge in [0.2, 0.25) is 0 Å². The fraction of sp³-hybridized carbons (Fsp3) is 0.429. The summed E-state index contributed by atoms with van der Waals surface area (Å²) in [7, 11) is 0. The van der Waals surface area contributed by atoms with Crippen LogP contribution in [-0.2, 0) is 6.18 Å². The molecule has 1 atom stereocenters. The maximum absolute atomic E-state index is 13.2. The van der Waals surface area contributed by atoms with E-state index in [1.54, 1.807) is 6.92 Å². The molecule has 0 aliphatic heterocycles. The van der Waals surface area contributed by atoms with Crippen LogP contribution < -0.4 is 5.32 Å². The molecule has 1 aromatic rings. The van der Waals surface area contributed by atoms with Crippen molar-refractivity contribution in [3.05, 3.63) is 35.1 Å². The van der Waals surface area contributed by atoms with Crippen LogP contribution in [-0.4, -0.2) is 6.54 Å². The number of nitrogens with one attached hydrogen (secondary N) is 1. The van der Waals surface area contributed by atoms with Crippen molar-refractivity contribution in [2.45, 2.75) is 32.5 Å². The molecule has 1 aromatic carbocycles. The first kappa shape index (κ1) is 15.5. The summed E-state index contributed by atoms with van der Waals surface area (Å²) in [6.07, 6.45) is -4.30. The highest BCUT2D eigenvalue weighted by Gasteiger charge is 2.34. The Labute approximate surface area is 110 Å². The zero-order valence-electron chi connectivity index (χ0n) is 10.7. The third-order valence-electron chi connectivity index (χ3n) is 2.63. The van der Waals surface area contributed by atoms with Crippen LogP contribution in [0, 0.1) is 17.7 Å². The predicted molar refractivity (Wildman–Crippen MR) is 65.9 cm³/mol. The summed E-state index contributed by atoms with van der Waals surface area (Å²) in [6.45, 7) is 4.10. The van der Waals surface area contributed by atoms with Crippen LogP contribution in [0.3, 0.4) is 0 Å². The van der Waals surface area contributed by atoms with Gasteiger partial charge in [-0.1, -0.05) is 13.0 Å². The molecule has 0 heterocycles. The fourth-order valence-corrected chi connectivity index (χ4v) is 1.74. The Balaban J connectivity index is 3.12. The second-order valence-electron chi connectivity index (χ2n) is 3.98. The first-order valence-corrected chi connectivity index (χ1v) is 5.89. The largest absolute Gasteiger partial charge is 0.419 e. The normalized spacial score (nSPS) is 12.7. The summed E-state index contributed by atoms with van der Waals surface area (Å²) in [5.41, 5.74) is -0.851. The van der Waals surface area contributed by atoms with E-state index in [2.05, 4.69) is 17.2 Å². The Bertz CT molecular complexity index is 482. The van der Waals surface area contributed by atoms with Gasteiger partial charge in [-0.05, 0) is 31.2 Å². The average molecular weight is 273 g/mol. The highest BCUT2D eigenvalue weighted by atomic mass is 19.4. The van der Waals surface area contributed by atoms with Crippen molar-refractivity contribution in [2.24, 2.45) is 0 Å². The predicted octanol–water partition coefficient (Wildman–Crippen LogP) is 3.91. The minimum Gasteiger partial charge on any atom is -0.309 e. The molecular formula is C14H15F4N. The quantitative estimate of drug-likeness (QED) is 0.648. The molecule has 0 bridgehead atoms. The average Bonchev–Trinajstić information content (AvgIpc) is 2.34. The Morgan fingerprint density at radius 1 is 1.32 bits per heavy atom. The summed E-state index contributed by atoms with van der Waals surface area (Å²) < 4.78 is 51.1. The Hall–Kier alpha value is -1.54. The Morgan fingerprint density at radius 2 is 2.00 bits per heavy atom. The number of hydrogen-bond donors (Lipinski definition) is 1. The summed E-state index contributed by atoms with van der Waals surface area (Å²) in [5, 5.41) is 3.04. The van der Waals surface area contributed by atoms with Crippen LogP contribution in [0.5, 0.6) is 0 Å². The van der Waals surface area contributed by atoms with Crippen molar-refractivity contribution >= 4 is 0 Å². The van der Waals surface area contributed by atoms with E-state index in [0.29, 0.717) is 18.5 Å². The molecule has 0 fully saturated rings. The van der Waals surface area contributed by atoms with Crippen molar-refractivity contribution in [2.75, 3.05) is 6.54 Å². The van der Waals surface area contributed by atoms with Crippen molar-refractivity contribution in [1.82, 2.24) is 5.32 Å². The zero-order chi connectivity index (χ0) is 14.5. The lowest BCUT2D eigenvalue weighted by Gasteiger charge is -2.18. The monoisotopic (exact) mass is 273 g/mol. The second-order valence-corrected chi connectivity index (χ2v) is 3.98. The lowest BCUT2D eigenvalue weighted by molar-refractivity contribution is -0.140. The van der Waals surface area contributed by atoms with Gasteiger partial charge in [-0.2, -0.15) is 13.2 Å². The van der Waals surface area contributed by atoms with Gasteiger partial charge in [0.05, 0.1) is 5.56 Å². The maximum Gasteiger partial charge on any atom is 0.419 e. The molecule has 19 heavy (non-hydrogen) atoms. The Kier molecular flexibility index (Phi) is 5.37. The Morgan fingerprint density at radius 3 is 2.53 bits per heavy atom. The molecule has 1 unspecified atom stereocenters. The number of benzene rings is 1. The van der Waals surface area contributed by atoms with Gasteiger partial charge in [0.1, 0.15) is 5.82 Å². The molecule has 0 saturated heterocycles. The van der Waals surface area contributed by atoms with Gasteiger partial charge in [0.15, 0.2) is 0 Å². The zero-order valence-corrected chi connectivity index (χ0v) is 10.7.